The molecule has 1 aliphatic heterocycles. The molecule has 118 valence electrons. The molecule has 5 nitrogen and oxygen atoms in total. The summed E-state index contributed by atoms with van der Waals surface area (Å²) in [5, 5.41) is 0. The van der Waals surface area contributed by atoms with Crippen LogP contribution in [0, 0.1) is 11.7 Å². The minimum Gasteiger partial charge on any atom is -0.399 e. The Morgan fingerprint density at radius 2 is 2.14 bits per heavy atom. The Kier molecular flexibility index (Phi) is 4.92. The molecule has 1 saturated heterocycles. The van der Waals surface area contributed by atoms with Crippen molar-refractivity contribution in [2.24, 2.45) is 5.92 Å². The van der Waals surface area contributed by atoms with Gasteiger partial charge in [0.05, 0.1) is 10.6 Å². The normalized spacial score (nSPS) is 24.2. The first-order valence-corrected chi connectivity index (χ1v) is 8.78. The van der Waals surface area contributed by atoms with E-state index in [1.165, 1.54) is 10.4 Å². The highest BCUT2D eigenvalue weighted by atomic mass is 79.9. The van der Waals surface area contributed by atoms with E-state index >= 15 is 0 Å². The molecule has 0 saturated carbocycles. The van der Waals surface area contributed by atoms with Crippen LogP contribution in [0.5, 0.6) is 0 Å². The largest absolute Gasteiger partial charge is 0.399 e. The molecule has 2 rings (SSSR count). The number of hydrogen-bond acceptors (Lipinski definition) is 4. The number of nitrogens with two attached hydrogens (primary N) is 1. The third-order valence-corrected chi connectivity index (χ3v) is 6.23. The fourth-order valence-electron chi connectivity index (χ4n) is 2.44. The number of rotatable bonds is 3. The van der Waals surface area contributed by atoms with Gasteiger partial charge >= 0.3 is 0 Å². The average molecular weight is 381 g/mol. The summed E-state index contributed by atoms with van der Waals surface area (Å²) in [7, 11) is -2.39. The van der Waals surface area contributed by atoms with Crippen LogP contribution in [0.3, 0.4) is 0 Å². The molecule has 21 heavy (non-hydrogen) atoms. The highest BCUT2D eigenvalue weighted by Crippen LogP contribution is 2.30. The van der Waals surface area contributed by atoms with Crippen molar-refractivity contribution in [2.75, 3.05) is 25.9 Å². The lowest BCUT2D eigenvalue weighted by molar-refractivity contribution is 0.0183. The van der Waals surface area contributed by atoms with Gasteiger partial charge in [-0.3, -0.25) is 0 Å². The number of nitrogens with zero attached hydrogens (tertiary/aromatic N) is 1. The quantitative estimate of drug-likeness (QED) is 0.815. The number of nitrogen functional groups attached to an aromatic ring is 1. The highest BCUT2D eigenvalue weighted by molar-refractivity contribution is 9.10. The average Bonchev–Trinajstić information content (AvgIpc) is 2.42. The highest BCUT2D eigenvalue weighted by Gasteiger charge is 2.35. The number of methoxy groups -OCH3 is 1. The summed E-state index contributed by atoms with van der Waals surface area (Å²) in [5.41, 5.74) is 5.82. The summed E-state index contributed by atoms with van der Waals surface area (Å²) < 4.78 is 46.0. The molecule has 8 heteroatoms. The van der Waals surface area contributed by atoms with Gasteiger partial charge in [0.2, 0.25) is 10.0 Å². The summed E-state index contributed by atoms with van der Waals surface area (Å²) >= 11 is 2.99. The van der Waals surface area contributed by atoms with E-state index in [0.29, 0.717) is 13.0 Å². The second-order valence-electron chi connectivity index (χ2n) is 5.22. The number of ether oxygens (including phenoxy) is 1. The number of hydrogen-bond donors (Lipinski definition) is 1. The Hall–Kier alpha value is -0.700. The molecule has 2 N–H and O–H groups in total. The van der Waals surface area contributed by atoms with Crippen molar-refractivity contribution in [1.82, 2.24) is 4.31 Å². The molecule has 0 aromatic heterocycles. The number of anilines is 1. The first kappa shape index (κ1) is 16.7. The lowest BCUT2D eigenvalue weighted by atomic mass is 9.97. The van der Waals surface area contributed by atoms with E-state index in [4.69, 9.17) is 10.5 Å². The molecule has 2 unspecified atom stereocenters. The third kappa shape index (κ3) is 3.23. The maximum atomic E-state index is 14.1. The van der Waals surface area contributed by atoms with Crippen molar-refractivity contribution in [3.05, 3.63) is 22.4 Å². The van der Waals surface area contributed by atoms with Crippen molar-refractivity contribution in [1.29, 1.82) is 0 Å². The van der Waals surface area contributed by atoms with E-state index < -0.39 is 20.7 Å². The predicted octanol–water partition coefficient (Wildman–Crippen LogP) is 2.22. The van der Waals surface area contributed by atoms with E-state index in [-0.39, 0.29) is 28.7 Å². The van der Waals surface area contributed by atoms with Gasteiger partial charge in [-0.05, 0) is 40.4 Å². The van der Waals surface area contributed by atoms with Crippen molar-refractivity contribution < 1.29 is 17.5 Å². The Balaban J connectivity index is 2.39. The van der Waals surface area contributed by atoms with Gasteiger partial charge in [-0.2, -0.15) is 4.31 Å². The van der Waals surface area contributed by atoms with Crippen LogP contribution in [0.4, 0.5) is 10.1 Å². The zero-order valence-electron chi connectivity index (χ0n) is 11.8. The van der Waals surface area contributed by atoms with Gasteiger partial charge in [0, 0.05) is 25.9 Å². The molecule has 1 heterocycles. The third-order valence-electron chi connectivity index (χ3n) is 3.79. The maximum absolute atomic E-state index is 14.1. The van der Waals surface area contributed by atoms with Crippen LogP contribution in [0.25, 0.3) is 0 Å². The minimum atomic E-state index is -3.94. The molecule has 1 aromatic rings. The Morgan fingerprint density at radius 3 is 2.76 bits per heavy atom. The van der Waals surface area contributed by atoms with Crippen LogP contribution in [-0.4, -0.2) is 39.0 Å². The second-order valence-corrected chi connectivity index (χ2v) is 7.98. The predicted molar refractivity (Wildman–Crippen MR) is 81.8 cm³/mol. The zero-order valence-corrected chi connectivity index (χ0v) is 14.2. The SMILES string of the molecule is COC1CN(S(=O)(=O)c2cc(N)cc(Br)c2F)CCC1C. The van der Waals surface area contributed by atoms with Crippen LogP contribution >= 0.6 is 15.9 Å². The summed E-state index contributed by atoms with van der Waals surface area (Å²) in [6, 6.07) is 2.49. The minimum absolute atomic E-state index is 0.0368. The molecule has 0 amide bonds. The summed E-state index contributed by atoms with van der Waals surface area (Å²) in [6.45, 7) is 2.57. The van der Waals surface area contributed by atoms with Crippen LogP contribution in [0.1, 0.15) is 13.3 Å². The van der Waals surface area contributed by atoms with Gasteiger partial charge < -0.3 is 10.5 Å². The Bertz CT molecular complexity index is 639. The maximum Gasteiger partial charge on any atom is 0.246 e. The molecule has 1 aromatic carbocycles. The standard InChI is InChI=1S/C13H18BrFN2O3S/c1-8-3-4-17(7-11(8)20-2)21(18,19)12-6-9(16)5-10(14)13(12)15/h5-6,8,11H,3-4,7,16H2,1-2H3. The van der Waals surface area contributed by atoms with Crippen LogP contribution < -0.4 is 5.73 Å². The van der Waals surface area contributed by atoms with Gasteiger partial charge in [0.1, 0.15) is 4.90 Å². The smallest absolute Gasteiger partial charge is 0.246 e. The fraction of sp³-hybridized carbons (Fsp3) is 0.538. The van der Waals surface area contributed by atoms with Gasteiger partial charge in [-0.15, -0.1) is 0 Å². The molecular formula is C13H18BrFN2O3S. The van der Waals surface area contributed by atoms with Crippen molar-refractivity contribution in [2.45, 2.75) is 24.3 Å². The molecule has 1 aliphatic rings. The van der Waals surface area contributed by atoms with Gasteiger partial charge in [0.15, 0.2) is 5.82 Å². The first-order chi connectivity index (χ1) is 9.77. The number of halogens is 2. The lowest BCUT2D eigenvalue weighted by Crippen LogP contribution is -2.46. The van der Waals surface area contributed by atoms with E-state index in [1.54, 1.807) is 7.11 Å². The van der Waals surface area contributed by atoms with Crippen molar-refractivity contribution >= 4 is 31.6 Å². The number of piperidine rings is 1. The van der Waals surface area contributed by atoms with Crippen molar-refractivity contribution in [3.8, 4) is 0 Å². The second kappa shape index (κ2) is 6.20. The van der Waals surface area contributed by atoms with Crippen LogP contribution in [0.2, 0.25) is 0 Å². The molecule has 2 atom stereocenters. The van der Waals surface area contributed by atoms with Gasteiger partial charge in [-0.1, -0.05) is 6.92 Å². The summed E-state index contributed by atoms with van der Waals surface area (Å²) in [6.07, 6.45) is 0.476. The Morgan fingerprint density at radius 1 is 1.48 bits per heavy atom. The molecule has 0 spiro atoms. The van der Waals surface area contributed by atoms with Gasteiger partial charge in [0.25, 0.3) is 0 Å². The van der Waals surface area contributed by atoms with Crippen LogP contribution in [-0.2, 0) is 14.8 Å². The molecule has 0 radical (unpaired) electrons. The molecule has 0 aliphatic carbocycles. The summed E-state index contributed by atoms with van der Waals surface area (Å²) in [4.78, 5) is -0.404. The van der Waals surface area contributed by atoms with E-state index in [2.05, 4.69) is 15.9 Å². The fourth-order valence-corrected chi connectivity index (χ4v) is 4.64. The van der Waals surface area contributed by atoms with E-state index in [0.717, 1.165) is 6.07 Å². The molecular weight excluding hydrogens is 363 g/mol. The number of sulfonamides is 1. The zero-order chi connectivity index (χ0) is 15.8. The lowest BCUT2D eigenvalue weighted by Gasteiger charge is -2.35. The monoisotopic (exact) mass is 380 g/mol. The summed E-state index contributed by atoms with van der Waals surface area (Å²) in [5.74, 6) is -0.560. The first-order valence-electron chi connectivity index (χ1n) is 6.54. The van der Waals surface area contributed by atoms with Crippen molar-refractivity contribution in [3.63, 3.8) is 0 Å². The molecule has 1 fully saturated rings. The van der Waals surface area contributed by atoms with E-state index in [9.17, 15) is 12.8 Å². The Labute approximate surface area is 132 Å². The van der Waals surface area contributed by atoms with E-state index in [1.807, 2.05) is 6.92 Å². The topological polar surface area (TPSA) is 72.6 Å². The molecule has 0 bridgehead atoms. The van der Waals surface area contributed by atoms with Gasteiger partial charge in [-0.25, -0.2) is 12.8 Å². The van der Waals surface area contributed by atoms with Crippen LogP contribution in [0.15, 0.2) is 21.5 Å². The number of benzene rings is 1.